The molecule has 0 aliphatic carbocycles. The fourth-order valence-corrected chi connectivity index (χ4v) is 2.45. The van der Waals surface area contributed by atoms with Crippen molar-refractivity contribution < 1.29 is 23.8 Å². The minimum Gasteiger partial charge on any atom is -0.507 e. The molecule has 7 nitrogen and oxygen atoms in total. The standard InChI is InChI=1S/C18H17NO6/c1-19(2)15(21)9-24-10-7-12(20)16-14(8-10)25-18-11(17(16)22)5-4-6-13(18)23-3/h4-8,20H,9H2,1-3H3. The lowest BCUT2D eigenvalue weighted by molar-refractivity contribution is -0.130. The molecule has 7 heteroatoms. The van der Waals surface area contributed by atoms with E-state index in [2.05, 4.69) is 0 Å². The Morgan fingerprint density at radius 2 is 2.04 bits per heavy atom. The molecule has 0 saturated carbocycles. The first-order valence-corrected chi connectivity index (χ1v) is 7.52. The number of phenolic OH excluding ortho intramolecular Hbond substituents is 1. The number of para-hydroxylation sites is 1. The summed E-state index contributed by atoms with van der Waals surface area (Å²) in [7, 11) is 4.70. The highest BCUT2D eigenvalue weighted by atomic mass is 16.5. The highest BCUT2D eigenvalue weighted by Gasteiger charge is 2.16. The van der Waals surface area contributed by atoms with Crippen molar-refractivity contribution in [2.24, 2.45) is 0 Å². The van der Waals surface area contributed by atoms with E-state index in [0.717, 1.165) is 0 Å². The van der Waals surface area contributed by atoms with Crippen LogP contribution >= 0.6 is 0 Å². The minimum atomic E-state index is -0.372. The van der Waals surface area contributed by atoms with Gasteiger partial charge < -0.3 is 23.9 Å². The van der Waals surface area contributed by atoms with Crippen molar-refractivity contribution in [1.29, 1.82) is 0 Å². The maximum Gasteiger partial charge on any atom is 0.259 e. The van der Waals surface area contributed by atoms with Crippen LogP contribution in [0.15, 0.2) is 39.5 Å². The highest BCUT2D eigenvalue weighted by molar-refractivity contribution is 5.95. The van der Waals surface area contributed by atoms with Crippen molar-refractivity contribution in [1.82, 2.24) is 4.90 Å². The zero-order valence-electron chi connectivity index (χ0n) is 14.0. The zero-order valence-corrected chi connectivity index (χ0v) is 14.0. The molecule has 0 saturated heterocycles. The Morgan fingerprint density at radius 1 is 1.28 bits per heavy atom. The molecular formula is C18H17NO6. The monoisotopic (exact) mass is 343 g/mol. The molecule has 0 aliphatic heterocycles. The first kappa shape index (κ1) is 16.6. The van der Waals surface area contributed by atoms with Crippen LogP contribution in [0, 0.1) is 0 Å². The predicted octanol–water partition coefficient (Wildman–Crippen LogP) is 2.13. The van der Waals surface area contributed by atoms with Gasteiger partial charge in [0.1, 0.15) is 22.5 Å². The van der Waals surface area contributed by atoms with Gasteiger partial charge in [-0.3, -0.25) is 9.59 Å². The molecule has 130 valence electrons. The Balaban J connectivity index is 2.15. The van der Waals surface area contributed by atoms with E-state index >= 15 is 0 Å². The van der Waals surface area contributed by atoms with Crippen LogP contribution in [0.1, 0.15) is 0 Å². The summed E-state index contributed by atoms with van der Waals surface area (Å²) in [6.07, 6.45) is 0. The molecule has 25 heavy (non-hydrogen) atoms. The molecule has 0 unspecified atom stereocenters. The molecular weight excluding hydrogens is 326 g/mol. The highest BCUT2D eigenvalue weighted by Crippen LogP contribution is 2.33. The van der Waals surface area contributed by atoms with Crippen molar-refractivity contribution in [3.8, 4) is 17.2 Å². The van der Waals surface area contributed by atoms with Gasteiger partial charge in [-0.05, 0) is 12.1 Å². The number of benzene rings is 2. The normalized spacial score (nSPS) is 10.8. The number of rotatable bonds is 4. The number of carbonyl (C=O) groups excluding carboxylic acids is 1. The third-order valence-electron chi connectivity index (χ3n) is 3.80. The van der Waals surface area contributed by atoms with Crippen molar-refractivity contribution in [3.05, 3.63) is 40.6 Å². The van der Waals surface area contributed by atoms with Crippen molar-refractivity contribution in [2.45, 2.75) is 0 Å². The van der Waals surface area contributed by atoms with Gasteiger partial charge in [0.2, 0.25) is 5.43 Å². The van der Waals surface area contributed by atoms with Gasteiger partial charge in [-0.1, -0.05) is 6.07 Å². The Kier molecular flexibility index (Phi) is 4.22. The van der Waals surface area contributed by atoms with Crippen molar-refractivity contribution in [2.75, 3.05) is 27.8 Å². The van der Waals surface area contributed by atoms with Crippen LogP contribution in [-0.2, 0) is 4.79 Å². The lowest BCUT2D eigenvalue weighted by atomic mass is 10.1. The van der Waals surface area contributed by atoms with Gasteiger partial charge in [-0.2, -0.15) is 0 Å². The fourth-order valence-electron chi connectivity index (χ4n) is 2.45. The van der Waals surface area contributed by atoms with Crippen LogP contribution in [0.4, 0.5) is 0 Å². The smallest absolute Gasteiger partial charge is 0.259 e. The van der Waals surface area contributed by atoms with Crippen molar-refractivity contribution in [3.63, 3.8) is 0 Å². The summed E-state index contributed by atoms with van der Waals surface area (Å²) < 4.78 is 16.4. The molecule has 0 bridgehead atoms. The van der Waals surface area contributed by atoms with Gasteiger partial charge >= 0.3 is 0 Å². The quantitative estimate of drug-likeness (QED) is 0.730. The predicted molar refractivity (Wildman–Crippen MR) is 92.4 cm³/mol. The summed E-state index contributed by atoms with van der Waals surface area (Å²) in [4.78, 5) is 25.7. The van der Waals surface area contributed by atoms with Gasteiger partial charge in [0, 0.05) is 26.2 Å². The van der Waals surface area contributed by atoms with E-state index in [9.17, 15) is 14.7 Å². The van der Waals surface area contributed by atoms with Gasteiger partial charge in [-0.15, -0.1) is 0 Å². The lowest BCUT2D eigenvalue weighted by Gasteiger charge is -2.12. The zero-order chi connectivity index (χ0) is 18.1. The maximum atomic E-state index is 12.7. The van der Waals surface area contributed by atoms with Gasteiger partial charge in [0.25, 0.3) is 5.91 Å². The molecule has 2 aromatic carbocycles. The average molecular weight is 343 g/mol. The topological polar surface area (TPSA) is 89.2 Å². The number of aromatic hydroxyl groups is 1. The number of fused-ring (bicyclic) bond motifs is 2. The number of carbonyl (C=O) groups is 1. The van der Waals surface area contributed by atoms with E-state index in [-0.39, 0.29) is 46.0 Å². The average Bonchev–Trinajstić information content (AvgIpc) is 2.58. The second kappa shape index (κ2) is 6.35. The lowest BCUT2D eigenvalue weighted by Crippen LogP contribution is -2.27. The minimum absolute atomic E-state index is 0.0482. The number of phenols is 1. The summed E-state index contributed by atoms with van der Waals surface area (Å²) in [5, 5.41) is 10.6. The molecule has 0 fully saturated rings. The molecule has 0 radical (unpaired) electrons. The number of ether oxygens (including phenoxy) is 2. The summed E-state index contributed by atoms with van der Waals surface area (Å²) in [5.41, 5.74) is 0.0567. The van der Waals surface area contributed by atoms with Crippen LogP contribution in [0.2, 0.25) is 0 Å². The number of nitrogens with zero attached hydrogens (tertiary/aromatic N) is 1. The maximum absolute atomic E-state index is 12.7. The molecule has 3 aromatic rings. The third-order valence-corrected chi connectivity index (χ3v) is 3.80. The van der Waals surface area contributed by atoms with E-state index < -0.39 is 0 Å². The molecule has 3 rings (SSSR count). The van der Waals surface area contributed by atoms with Crippen LogP contribution in [0.5, 0.6) is 17.2 Å². The molecule has 0 atom stereocenters. The van der Waals surface area contributed by atoms with Gasteiger partial charge in [-0.25, -0.2) is 0 Å². The summed E-state index contributed by atoms with van der Waals surface area (Å²) in [5.74, 6) is 0.118. The molecule has 1 amide bonds. The Hall–Kier alpha value is -3.22. The first-order chi connectivity index (χ1) is 11.9. The Labute approximate surface area is 143 Å². The molecule has 1 heterocycles. The number of hydrogen-bond acceptors (Lipinski definition) is 6. The van der Waals surface area contributed by atoms with Crippen LogP contribution in [0.3, 0.4) is 0 Å². The van der Waals surface area contributed by atoms with E-state index in [1.165, 1.54) is 24.1 Å². The van der Waals surface area contributed by atoms with E-state index in [0.29, 0.717) is 11.1 Å². The molecule has 0 aliphatic rings. The van der Waals surface area contributed by atoms with Crippen molar-refractivity contribution >= 4 is 27.8 Å². The number of hydrogen-bond donors (Lipinski definition) is 1. The van der Waals surface area contributed by atoms with E-state index in [1.807, 2.05) is 0 Å². The largest absolute Gasteiger partial charge is 0.507 e. The Morgan fingerprint density at radius 3 is 2.72 bits per heavy atom. The molecule has 1 aromatic heterocycles. The molecule has 0 spiro atoms. The van der Waals surface area contributed by atoms with Gasteiger partial charge in [0.05, 0.1) is 12.5 Å². The summed E-state index contributed by atoms with van der Waals surface area (Å²) in [6, 6.07) is 7.70. The first-order valence-electron chi connectivity index (χ1n) is 7.52. The van der Waals surface area contributed by atoms with Crippen LogP contribution in [-0.4, -0.2) is 43.7 Å². The number of amides is 1. The van der Waals surface area contributed by atoms with Gasteiger partial charge in [0.15, 0.2) is 17.9 Å². The summed E-state index contributed by atoms with van der Waals surface area (Å²) in [6.45, 7) is -0.195. The fraction of sp³-hybridized carbons (Fsp3) is 0.222. The van der Waals surface area contributed by atoms with E-state index in [4.69, 9.17) is 13.9 Å². The SMILES string of the molecule is COc1cccc2c(=O)c3c(O)cc(OCC(=O)N(C)C)cc3oc12. The summed E-state index contributed by atoms with van der Waals surface area (Å²) >= 11 is 0. The Bertz CT molecular complexity index is 1020. The third kappa shape index (κ3) is 2.96. The molecule has 1 N–H and O–H groups in total. The van der Waals surface area contributed by atoms with Crippen LogP contribution < -0.4 is 14.9 Å². The number of methoxy groups -OCH3 is 1. The van der Waals surface area contributed by atoms with E-state index in [1.54, 1.807) is 32.3 Å². The second-order valence-electron chi connectivity index (χ2n) is 5.66. The van der Waals surface area contributed by atoms with Crippen LogP contribution in [0.25, 0.3) is 21.9 Å². The number of likely N-dealkylation sites (N-methyl/N-ethyl adjacent to an activating group) is 1. The second-order valence-corrected chi connectivity index (χ2v) is 5.66.